The zero-order valence-corrected chi connectivity index (χ0v) is 13.6. The Morgan fingerprint density at radius 1 is 0.542 bits per heavy atom. The van der Waals surface area contributed by atoms with Crippen LogP contribution in [0.5, 0.6) is 0 Å². The van der Waals surface area contributed by atoms with Gasteiger partial charge in [0.15, 0.2) is 24.4 Å². The molecule has 0 spiro atoms. The number of aliphatic hydroxyl groups excluding tert-OH is 2. The van der Waals surface area contributed by atoms with Crippen molar-refractivity contribution in [3.63, 3.8) is 0 Å². The molecular weight excluding hydrogens is 328 g/mol. The van der Waals surface area contributed by atoms with Crippen LogP contribution in [0.2, 0.25) is 0 Å². The molecule has 6 atom stereocenters. The average Bonchev–Trinajstić information content (AvgIpc) is 2.42. The van der Waals surface area contributed by atoms with Gasteiger partial charge in [0, 0.05) is 27.7 Å². The van der Waals surface area contributed by atoms with Gasteiger partial charge in [-0.2, -0.15) is 0 Å². The molecule has 10 heteroatoms. The van der Waals surface area contributed by atoms with Crippen LogP contribution in [0.4, 0.5) is 0 Å². The fraction of sp³-hybridized carbons (Fsp3) is 0.714. The van der Waals surface area contributed by atoms with E-state index in [9.17, 15) is 29.4 Å². The Morgan fingerprint density at radius 3 is 0.958 bits per heavy atom. The molecule has 0 radical (unpaired) electrons. The molecule has 1 saturated carbocycles. The molecule has 0 aromatic carbocycles. The van der Waals surface area contributed by atoms with Crippen LogP contribution in [0.1, 0.15) is 27.7 Å². The topological polar surface area (TPSA) is 146 Å². The first-order valence-corrected chi connectivity index (χ1v) is 7.09. The summed E-state index contributed by atoms with van der Waals surface area (Å²) in [5, 5.41) is 20.3. The largest absolute Gasteiger partial charge is 0.456 e. The first-order valence-electron chi connectivity index (χ1n) is 7.09. The molecule has 0 heterocycles. The van der Waals surface area contributed by atoms with Crippen molar-refractivity contribution in [3.8, 4) is 0 Å². The standard InChI is InChI=1S/C14H20O10/c1-5(15)21-11-9(19)10(20)12(22-6(2)16)14(24-8(4)18)13(11)23-7(3)17/h9-14,19-20H,1-4H3/t9-,10?,11?,12?,13?,14+/m1/s1. The molecule has 0 aromatic heterocycles. The quantitative estimate of drug-likeness (QED) is 0.452. The van der Waals surface area contributed by atoms with Crippen LogP contribution in [0.15, 0.2) is 0 Å². The van der Waals surface area contributed by atoms with Crippen LogP contribution in [0, 0.1) is 0 Å². The van der Waals surface area contributed by atoms with Gasteiger partial charge in [-0.15, -0.1) is 0 Å². The van der Waals surface area contributed by atoms with Crippen LogP contribution in [-0.2, 0) is 38.1 Å². The second-order valence-electron chi connectivity index (χ2n) is 5.28. The molecule has 24 heavy (non-hydrogen) atoms. The predicted molar refractivity (Wildman–Crippen MR) is 74.2 cm³/mol. The number of hydrogen-bond donors (Lipinski definition) is 2. The van der Waals surface area contributed by atoms with Gasteiger partial charge in [-0.05, 0) is 0 Å². The van der Waals surface area contributed by atoms with Crippen molar-refractivity contribution in [2.45, 2.75) is 64.3 Å². The van der Waals surface area contributed by atoms with Gasteiger partial charge in [0.2, 0.25) is 0 Å². The van der Waals surface area contributed by atoms with E-state index in [4.69, 9.17) is 18.9 Å². The Kier molecular flexibility index (Phi) is 6.67. The summed E-state index contributed by atoms with van der Waals surface area (Å²) in [7, 11) is 0. The van der Waals surface area contributed by atoms with Gasteiger partial charge in [0.1, 0.15) is 12.2 Å². The maximum absolute atomic E-state index is 11.3. The summed E-state index contributed by atoms with van der Waals surface area (Å²) in [6.07, 6.45) is -9.46. The van der Waals surface area contributed by atoms with Gasteiger partial charge in [0.05, 0.1) is 0 Å². The maximum atomic E-state index is 11.3. The molecule has 0 aliphatic heterocycles. The molecule has 0 saturated heterocycles. The smallest absolute Gasteiger partial charge is 0.303 e. The van der Waals surface area contributed by atoms with Crippen LogP contribution in [-0.4, -0.2) is 70.7 Å². The summed E-state index contributed by atoms with van der Waals surface area (Å²) in [6, 6.07) is 0. The van der Waals surface area contributed by atoms with E-state index in [1.54, 1.807) is 0 Å². The Balaban J connectivity index is 3.28. The van der Waals surface area contributed by atoms with Crippen molar-refractivity contribution < 1.29 is 48.3 Å². The van der Waals surface area contributed by atoms with Gasteiger partial charge in [-0.25, -0.2) is 0 Å². The number of ether oxygens (including phenoxy) is 4. The normalized spacial score (nSPS) is 32.4. The average molecular weight is 348 g/mol. The van der Waals surface area contributed by atoms with E-state index in [0.29, 0.717) is 0 Å². The van der Waals surface area contributed by atoms with Gasteiger partial charge in [0.25, 0.3) is 0 Å². The first kappa shape index (κ1) is 19.8. The molecule has 1 aliphatic carbocycles. The third-order valence-electron chi connectivity index (χ3n) is 3.20. The Hall–Kier alpha value is -2.20. The van der Waals surface area contributed by atoms with Gasteiger partial charge < -0.3 is 29.2 Å². The number of rotatable bonds is 4. The number of esters is 4. The van der Waals surface area contributed by atoms with E-state index in [-0.39, 0.29) is 0 Å². The van der Waals surface area contributed by atoms with Crippen molar-refractivity contribution >= 4 is 23.9 Å². The SMILES string of the molecule is CC(=O)OC1C(OC(C)=O)[C@@H](OC(C)=O)C(OC(C)=O)C(O)[C@H]1O. The highest BCUT2D eigenvalue weighted by Crippen LogP contribution is 2.30. The highest BCUT2D eigenvalue weighted by molar-refractivity contribution is 5.69. The number of carbonyl (C=O) groups is 4. The molecule has 0 amide bonds. The van der Waals surface area contributed by atoms with E-state index in [1.807, 2.05) is 0 Å². The molecule has 136 valence electrons. The fourth-order valence-corrected chi connectivity index (χ4v) is 2.46. The second kappa shape index (κ2) is 8.06. The summed E-state index contributed by atoms with van der Waals surface area (Å²) >= 11 is 0. The Morgan fingerprint density at radius 2 is 0.750 bits per heavy atom. The maximum Gasteiger partial charge on any atom is 0.303 e. The minimum absolute atomic E-state index is 0.820. The summed E-state index contributed by atoms with van der Waals surface area (Å²) in [5.74, 6) is -3.29. The van der Waals surface area contributed by atoms with Crippen molar-refractivity contribution in [1.82, 2.24) is 0 Å². The molecule has 10 nitrogen and oxygen atoms in total. The molecule has 1 rings (SSSR count). The highest BCUT2D eigenvalue weighted by atomic mass is 16.6. The zero-order chi connectivity index (χ0) is 18.6. The number of carbonyl (C=O) groups excluding carboxylic acids is 4. The molecule has 1 aliphatic rings. The molecule has 0 aromatic rings. The minimum atomic E-state index is -1.74. The first-order chi connectivity index (χ1) is 11.0. The Bertz CT molecular complexity index is 470. The van der Waals surface area contributed by atoms with Gasteiger partial charge >= 0.3 is 23.9 Å². The summed E-state index contributed by atoms with van der Waals surface area (Å²) in [5.41, 5.74) is 0. The second-order valence-corrected chi connectivity index (χ2v) is 5.28. The third-order valence-corrected chi connectivity index (χ3v) is 3.20. The lowest BCUT2D eigenvalue weighted by Crippen LogP contribution is -2.67. The lowest BCUT2D eigenvalue weighted by Gasteiger charge is -2.44. The number of aliphatic hydroxyl groups is 2. The molecule has 2 N–H and O–H groups in total. The van der Waals surface area contributed by atoms with E-state index >= 15 is 0 Å². The Labute approximate surface area is 137 Å². The van der Waals surface area contributed by atoms with E-state index in [0.717, 1.165) is 27.7 Å². The lowest BCUT2D eigenvalue weighted by molar-refractivity contribution is -0.251. The van der Waals surface area contributed by atoms with Crippen molar-refractivity contribution in [2.24, 2.45) is 0 Å². The number of hydrogen-bond acceptors (Lipinski definition) is 10. The van der Waals surface area contributed by atoms with Crippen LogP contribution in [0.25, 0.3) is 0 Å². The highest BCUT2D eigenvalue weighted by Gasteiger charge is 2.56. The van der Waals surface area contributed by atoms with Gasteiger partial charge in [-0.1, -0.05) is 0 Å². The monoisotopic (exact) mass is 348 g/mol. The van der Waals surface area contributed by atoms with E-state index < -0.39 is 60.5 Å². The van der Waals surface area contributed by atoms with Crippen molar-refractivity contribution in [2.75, 3.05) is 0 Å². The molecular formula is C14H20O10. The van der Waals surface area contributed by atoms with Crippen LogP contribution < -0.4 is 0 Å². The van der Waals surface area contributed by atoms with Crippen molar-refractivity contribution in [3.05, 3.63) is 0 Å². The zero-order valence-electron chi connectivity index (χ0n) is 13.6. The fourth-order valence-electron chi connectivity index (χ4n) is 2.46. The summed E-state index contributed by atoms with van der Waals surface area (Å²) < 4.78 is 19.8. The molecule has 1 fully saturated rings. The van der Waals surface area contributed by atoms with Crippen LogP contribution in [0.3, 0.4) is 0 Å². The van der Waals surface area contributed by atoms with E-state index in [1.165, 1.54) is 0 Å². The third kappa shape index (κ3) is 4.90. The lowest BCUT2D eigenvalue weighted by atomic mass is 9.84. The summed E-state index contributed by atoms with van der Waals surface area (Å²) in [6.45, 7) is 4.19. The summed E-state index contributed by atoms with van der Waals surface area (Å²) in [4.78, 5) is 45.1. The van der Waals surface area contributed by atoms with Crippen LogP contribution >= 0.6 is 0 Å². The van der Waals surface area contributed by atoms with Crippen molar-refractivity contribution in [1.29, 1.82) is 0 Å². The molecule has 4 unspecified atom stereocenters. The molecule has 0 bridgehead atoms. The van der Waals surface area contributed by atoms with Gasteiger partial charge in [-0.3, -0.25) is 19.2 Å². The predicted octanol–water partition coefficient (Wildman–Crippen LogP) is -1.55. The minimum Gasteiger partial charge on any atom is -0.456 e. The van der Waals surface area contributed by atoms with E-state index in [2.05, 4.69) is 0 Å².